The van der Waals surface area contributed by atoms with E-state index in [1.54, 1.807) is 0 Å². The van der Waals surface area contributed by atoms with Gasteiger partial charge in [0.25, 0.3) is 0 Å². The fraction of sp³-hybridized carbons (Fsp3) is 0.429. The normalized spacial score (nSPS) is 23.9. The minimum absolute atomic E-state index is 0.327. The molecular formula is C21H25F3. The number of halogens is 3. The van der Waals surface area contributed by atoms with Crippen molar-refractivity contribution in [1.82, 2.24) is 0 Å². The van der Waals surface area contributed by atoms with Crippen molar-refractivity contribution in [2.75, 3.05) is 0 Å². The summed E-state index contributed by atoms with van der Waals surface area (Å²) >= 11 is 0. The fourth-order valence-electron chi connectivity index (χ4n) is 3.20. The van der Waals surface area contributed by atoms with E-state index in [2.05, 4.69) is 6.92 Å². The van der Waals surface area contributed by atoms with Gasteiger partial charge in [0.1, 0.15) is 5.83 Å². The van der Waals surface area contributed by atoms with Gasteiger partial charge in [-0.15, -0.1) is 0 Å². The molecule has 0 saturated heterocycles. The van der Waals surface area contributed by atoms with Crippen LogP contribution >= 0.6 is 0 Å². The van der Waals surface area contributed by atoms with E-state index in [-0.39, 0.29) is 0 Å². The van der Waals surface area contributed by atoms with E-state index in [1.807, 2.05) is 24.3 Å². The Labute approximate surface area is 142 Å². The third-order valence-electron chi connectivity index (χ3n) is 4.70. The van der Waals surface area contributed by atoms with Crippen molar-refractivity contribution in [3.05, 3.63) is 65.0 Å². The highest BCUT2D eigenvalue weighted by Gasteiger charge is 2.19. The van der Waals surface area contributed by atoms with Crippen LogP contribution in [0, 0.1) is 5.92 Å². The molecule has 1 aliphatic rings. The van der Waals surface area contributed by atoms with Crippen LogP contribution in [0.1, 0.15) is 63.5 Å². The van der Waals surface area contributed by atoms with Gasteiger partial charge >= 0.3 is 0 Å². The second kappa shape index (κ2) is 8.36. The SMILES string of the molecule is C\C(F)=C(F)/C=C(\C=C(/C)F)c1ccc(C2CCC(C)CC2)cc1. The van der Waals surface area contributed by atoms with Crippen LogP contribution in [0.4, 0.5) is 13.2 Å². The van der Waals surface area contributed by atoms with Crippen LogP contribution in [0.5, 0.6) is 0 Å². The lowest BCUT2D eigenvalue weighted by Crippen LogP contribution is -2.10. The van der Waals surface area contributed by atoms with Gasteiger partial charge in [-0.2, -0.15) is 0 Å². The molecule has 0 amide bonds. The number of hydrogen-bond acceptors (Lipinski definition) is 0. The van der Waals surface area contributed by atoms with Crippen molar-refractivity contribution in [2.45, 2.75) is 52.4 Å². The molecule has 130 valence electrons. The Morgan fingerprint density at radius 2 is 1.50 bits per heavy atom. The first-order valence-corrected chi connectivity index (χ1v) is 8.54. The maximum absolute atomic E-state index is 13.6. The molecule has 2 rings (SSSR count). The lowest BCUT2D eigenvalue weighted by molar-refractivity contribution is 0.348. The summed E-state index contributed by atoms with van der Waals surface area (Å²) in [6.45, 7) is 4.62. The van der Waals surface area contributed by atoms with Crippen molar-refractivity contribution in [1.29, 1.82) is 0 Å². The smallest absolute Gasteiger partial charge is 0.154 e. The maximum Gasteiger partial charge on any atom is 0.154 e. The minimum atomic E-state index is -0.979. The Hall–Kier alpha value is -1.77. The Morgan fingerprint density at radius 1 is 0.917 bits per heavy atom. The quantitative estimate of drug-likeness (QED) is 0.503. The molecule has 1 fully saturated rings. The maximum atomic E-state index is 13.6. The zero-order valence-corrected chi connectivity index (χ0v) is 14.6. The topological polar surface area (TPSA) is 0 Å². The Balaban J connectivity index is 2.26. The van der Waals surface area contributed by atoms with E-state index in [1.165, 1.54) is 44.2 Å². The summed E-state index contributed by atoms with van der Waals surface area (Å²) in [5, 5.41) is 0. The van der Waals surface area contributed by atoms with Gasteiger partial charge in [0, 0.05) is 0 Å². The van der Waals surface area contributed by atoms with Gasteiger partial charge in [0.15, 0.2) is 5.83 Å². The lowest BCUT2D eigenvalue weighted by Gasteiger charge is -2.26. The van der Waals surface area contributed by atoms with Crippen molar-refractivity contribution >= 4 is 5.57 Å². The van der Waals surface area contributed by atoms with Crippen molar-refractivity contribution < 1.29 is 13.2 Å². The second-order valence-electron chi connectivity index (χ2n) is 6.79. The monoisotopic (exact) mass is 334 g/mol. The molecule has 0 heterocycles. The molecule has 0 aromatic heterocycles. The van der Waals surface area contributed by atoms with Crippen LogP contribution in [0.25, 0.3) is 5.57 Å². The van der Waals surface area contributed by atoms with E-state index in [9.17, 15) is 13.2 Å². The Kier molecular flexibility index (Phi) is 6.47. The highest BCUT2D eigenvalue weighted by Crippen LogP contribution is 2.36. The summed E-state index contributed by atoms with van der Waals surface area (Å²) in [4.78, 5) is 0. The fourth-order valence-corrected chi connectivity index (χ4v) is 3.20. The summed E-state index contributed by atoms with van der Waals surface area (Å²) in [6.07, 6.45) is 7.12. The molecule has 1 aromatic rings. The molecule has 3 heteroatoms. The van der Waals surface area contributed by atoms with Gasteiger partial charge in [-0.25, -0.2) is 13.2 Å². The molecule has 0 spiro atoms. The molecule has 0 radical (unpaired) electrons. The van der Waals surface area contributed by atoms with Crippen LogP contribution in [0.3, 0.4) is 0 Å². The summed E-state index contributed by atoms with van der Waals surface area (Å²) in [5.74, 6) is -0.980. The summed E-state index contributed by atoms with van der Waals surface area (Å²) in [7, 11) is 0. The van der Waals surface area contributed by atoms with Crippen molar-refractivity contribution in [2.24, 2.45) is 5.92 Å². The highest BCUT2D eigenvalue weighted by atomic mass is 19.2. The Bertz CT molecular complexity index is 634. The zero-order chi connectivity index (χ0) is 17.7. The summed E-state index contributed by atoms with van der Waals surface area (Å²) in [6, 6.07) is 7.77. The van der Waals surface area contributed by atoms with Gasteiger partial charge in [-0.05, 0) is 67.4 Å². The molecular weight excluding hydrogens is 309 g/mol. The highest BCUT2D eigenvalue weighted by molar-refractivity contribution is 5.76. The third-order valence-corrected chi connectivity index (χ3v) is 4.70. The third kappa shape index (κ3) is 5.12. The van der Waals surface area contributed by atoms with E-state index < -0.39 is 17.5 Å². The average Bonchev–Trinajstić information content (AvgIpc) is 2.54. The predicted octanol–water partition coefficient (Wildman–Crippen LogP) is 7.41. The van der Waals surface area contributed by atoms with Gasteiger partial charge in [0.05, 0.1) is 5.83 Å². The van der Waals surface area contributed by atoms with Gasteiger partial charge in [-0.1, -0.05) is 44.0 Å². The average molecular weight is 334 g/mol. The van der Waals surface area contributed by atoms with E-state index in [4.69, 9.17) is 0 Å². The minimum Gasteiger partial charge on any atom is -0.212 e. The molecule has 0 bridgehead atoms. The number of hydrogen-bond donors (Lipinski definition) is 0. The first-order chi connectivity index (χ1) is 11.4. The molecule has 0 aliphatic heterocycles. The van der Waals surface area contributed by atoms with Crippen LogP contribution in [-0.2, 0) is 0 Å². The molecule has 0 nitrogen and oxygen atoms in total. The van der Waals surface area contributed by atoms with Gasteiger partial charge in [-0.3, -0.25) is 0 Å². The van der Waals surface area contributed by atoms with E-state index in [0.29, 0.717) is 17.1 Å². The van der Waals surface area contributed by atoms with Crippen molar-refractivity contribution in [3.63, 3.8) is 0 Å². The lowest BCUT2D eigenvalue weighted by atomic mass is 9.79. The van der Waals surface area contributed by atoms with Crippen LogP contribution in [0.2, 0.25) is 0 Å². The number of allylic oxidation sites excluding steroid dienone is 6. The van der Waals surface area contributed by atoms with Gasteiger partial charge in [0.2, 0.25) is 0 Å². The molecule has 0 N–H and O–H groups in total. The van der Waals surface area contributed by atoms with Crippen molar-refractivity contribution in [3.8, 4) is 0 Å². The molecule has 1 aromatic carbocycles. The number of rotatable bonds is 4. The first kappa shape index (κ1) is 18.6. The summed E-state index contributed by atoms with van der Waals surface area (Å²) < 4.78 is 39.9. The molecule has 1 saturated carbocycles. The molecule has 1 aliphatic carbocycles. The number of benzene rings is 1. The summed E-state index contributed by atoms with van der Waals surface area (Å²) in [5.41, 5.74) is 2.27. The zero-order valence-electron chi connectivity index (χ0n) is 14.6. The van der Waals surface area contributed by atoms with Crippen LogP contribution in [-0.4, -0.2) is 0 Å². The molecule has 0 atom stereocenters. The van der Waals surface area contributed by atoms with Crippen LogP contribution in [0.15, 0.2) is 53.9 Å². The molecule has 24 heavy (non-hydrogen) atoms. The predicted molar refractivity (Wildman–Crippen MR) is 94.6 cm³/mol. The van der Waals surface area contributed by atoms with Crippen LogP contribution < -0.4 is 0 Å². The van der Waals surface area contributed by atoms with E-state index >= 15 is 0 Å². The Morgan fingerprint density at radius 3 is 2.00 bits per heavy atom. The van der Waals surface area contributed by atoms with E-state index in [0.717, 1.165) is 18.9 Å². The van der Waals surface area contributed by atoms with Gasteiger partial charge < -0.3 is 0 Å². The molecule has 0 unspecified atom stereocenters. The second-order valence-corrected chi connectivity index (χ2v) is 6.79. The first-order valence-electron chi connectivity index (χ1n) is 8.54. The largest absolute Gasteiger partial charge is 0.212 e. The standard InChI is InChI=1S/C21H25F3/c1-14-4-6-17(7-5-14)18-8-10-19(11-9-18)20(12-15(2)22)13-21(24)16(3)23/h8-14,17H,4-7H2,1-3H3/b15-12+,20-13+,21-16-.